The highest BCUT2D eigenvalue weighted by Gasteiger charge is 2.07. The molecule has 16 heavy (non-hydrogen) atoms. The molecule has 0 fully saturated rings. The van der Waals surface area contributed by atoms with Crippen LogP contribution in [0.2, 0.25) is 0 Å². The Kier molecular flexibility index (Phi) is 6.44. The van der Waals surface area contributed by atoms with E-state index in [0.717, 1.165) is 38.0 Å². The van der Waals surface area contributed by atoms with Gasteiger partial charge in [0.2, 0.25) is 0 Å². The first kappa shape index (κ1) is 12.9. The smallest absolute Gasteiger partial charge is 0.103 e. The average Bonchev–Trinajstić information content (AvgIpc) is 2.79. The van der Waals surface area contributed by atoms with Gasteiger partial charge < -0.3 is 9.73 Å². The molecule has 0 bridgehead atoms. The molecule has 88 valence electrons. The van der Waals surface area contributed by atoms with E-state index in [1.165, 1.54) is 0 Å². The number of nitrogens with one attached hydrogen (secondary N) is 1. The minimum atomic E-state index is 0.552. The van der Waals surface area contributed by atoms with Gasteiger partial charge >= 0.3 is 0 Å². The summed E-state index contributed by atoms with van der Waals surface area (Å²) < 4.78 is 5.33. The number of hydrogen-bond acceptors (Lipinski definition) is 2. The van der Waals surface area contributed by atoms with Crippen LogP contribution in [0, 0.1) is 11.8 Å². The Hall–Kier alpha value is -1.20. The van der Waals surface area contributed by atoms with Crippen LogP contribution >= 0.6 is 0 Å². The highest BCUT2D eigenvalue weighted by atomic mass is 16.3. The van der Waals surface area contributed by atoms with Gasteiger partial charge in [0.25, 0.3) is 0 Å². The fraction of sp³-hybridized carbons (Fsp3) is 0.571. The molecule has 0 aliphatic heterocycles. The van der Waals surface area contributed by atoms with Crippen molar-refractivity contribution in [2.45, 2.75) is 45.6 Å². The third-order valence-corrected chi connectivity index (χ3v) is 2.61. The minimum absolute atomic E-state index is 0.552. The fourth-order valence-electron chi connectivity index (χ4n) is 1.78. The standard InChI is InChI=1S/C14H21NO/c1-3-5-6-8-13(15-4-2)10-11-14-9-7-12-16-14/h7,9,12-13,15H,4,6,8,10-11H2,1-2H3. The van der Waals surface area contributed by atoms with Crippen LogP contribution in [0.5, 0.6) is 0 Å². The molecule has 2 heteroatoms. The monoisotopic (exact) mass is 219 g/mol. The quantitative estimate of drug-likeness (QED) is 0.713. The number of furan rings is 1. The molecule has 0 aliphatic carbocycles. The van der Waals surface area contributed by atoms with E-state index in [9.17, 15) is 0 Å². The number of aryl methyl sites for hydroxylation is 1. The molecule has 1 unspecified atom stereocenters. The molecule has 1 atom stereocenters. The molecular weight excluding hydrogens is 198 g/mol. The summed E-state index contributed by atoms with van der Waals surface area (Å²) in [5.41, 5.74) is 0. The molecule has 1 N–H and O–H groups in total. The van der Waals surface area contributed by atoms with Crippen LogP contribution < -0.4 is 5.32 Å². The molecule has 0 aromatic carbocycles. The lowest BCUT2D eigenvalue weighted by Crippen LogP contribution is -2.29. The zero-order valence-electron chi connectivity index (χ0n) is 10.3. The van der Waals surface area contributed by atoms with Crippen LogP contribution in [0.3, 0.4) is 0 Å². The van der Waals surface area contributed by atoms with Gasteiger partial charge in [0.1, 0.15) is 5.76 Å². The van der Waals surface area contributed by atoms with Gasteiger partial charge in [0.05, 0.1) is 6.26 Å². The molecule has 1 aromatic heterocycles. The van der Waals surface area contributed by atoms with Crippen molar-refractivity contribution in [2.75, 3.05) is 6.54 Å². The molecule has 0 saturated heterocycles. The summed E-state index contributed by atoms with van der Waals surface area (Å²) in [5, 5.41) is 3.49. The second-order valence-corrected chi connectivity index (χ2v) is 3.84. The van der Waals surface area contributed by atoms with E-state index in [1.807, 2.05) is 19.1 Å². The molecule has 2 nitrogen and oxygen atoms in total. The Morgan fingerprint density at radius 2 is 2.31 bits per heavy atom. The van der Waals surface area contributed by atoms with E-state index in [0.29, 0.717) is 6.04 Å². The largest absolute Gasteiger partial charge is 0.469 e. The highest BCUT2D eigenvalue weighted by Crippen LogP contribution is 2.09. The normalized spacial score (nSPS) is 11.9. The third kappa shape index (κ3) is 5.04. The first-order valence-corrected chi connectivity index (χ1v) is 6.02. The maximum Gasteiger partial charge on any atom is 0.103 e. The van der Waals surface area contributed by atoms with E-state index in [1.54, 1.807) is 6.26 Å². The fourth-order valence-corrected chi connectivity index (χ4v) is 1.78. The van der Waals surface area contributed by atoms with Crippen molar-refractivity contribution in [2.24, 2.45) is 0 Å². The summed E-state index contributed by atoms with van der Waals surface area (Å²) in [6.07, 6.45) is 5.96. The predicted molar refractivity (Wildman–Crippen MR) is 67.2 cm³/mol. The molecule has 0 aliphatic rings. The molecular formula is C14H21NO. The van der Waals surface area contributed by atoms with Crippen LogP contribution in [0.1, 0.15) is 38.9 Å². The predicted octanol–water partition coefficient (Wildman–Crippen LogP) is 2.99. The van der Waals surface area contributed by atoms with Gasteiger partial charge in [-0.15, -0.1) is 11.8 Å². The summed E-state index contributed by atoms with van der Waals surface area (Å²) in [4.78, 5) is 0. The Balaban J connectivity index is 2.28. The molecule has 0 spiro atoms. The van der Waals surface area contributed by atoms with Crippen LogP contribution in [0.4, 0.5) is 0 Å². The van der Waals surface area contributed by atoms with Crippen molar-refractivity contribution < 1.29 is 4.42 Å². The van der Waals surface area contributed by atoms with Crippen molar-refractivity contribution in [1.82, 2.24) is 5.32 Å². The van der Waals surface area contributed by atoms with E-state index in [-0.39, 0.29) is 0 Å². The van der Waals surface area contributed by atoms with Crippen molar-refractivity contribution in [3.63, 3.8) is 0 Å². The van der Waals surface area contributed by atoms with Gasteiger partial charge in [0, 0.05) is 18.9 Å². The maximum absolute atomic E-state index is 5.33. The second kappa shape index (κ2) is 8.01. The van der Waals surface area contributed by atoms with Gasteiger partial charge in [0.15, 0.2) is 0 Å². The van der Waals surface area contributed by atoms with Crippen molar-refractivity contribution in [3.05, 3.63) is 24.2 Å². The van der Waals surface area contributed by atoms with Gasteiger partial charge in [-0.1, -0.05) is 6.92 Å². The lowest BCUT2D eigenvalue weighted by molar-refractivity contribution is 0.435. The van der Waals surface area contributed by atoms with Gasteiger partial charge in [-0.3, -0.25) is 0 Å². The zero-order valence-corrected chi connectivity index (χ0v) is 10.3. The van der Waals surface area contributed by atoms with E-state index in [4.69, 9.17) is 4.42 Å². The van der Waals surface area contributed by atoms with E-state index >= 15 is 0 Å². The second-order valence-electron chi connectivity index (χ2n) is 3.84. The van der Waals surface area contributed by atoms with E-state index in [2.05, 4.69) is 24.1 Å². The first-order chi connectivity index (χ1) is 7.86. The van der Waals surface area contributed by atoms with Crippen molar-refractivity contribution >= 4 is 0 Å². The Bertz CT molecular complexity index is 318. The molecule has 1 heterocycles. The topological polar surface area (TPSA) is 25.2 Å². The van der Waals surface area contributed by atoms with Crippen LogP contribution in [0.15, 0.2) is 22.8 Å². The van der Waals surface area contributed by atoms with Gasteiger partial charge in [-0.05, 0) is 38.4 Å². The van der Waals surface area contributed by atoms with Crippen LogP contribution in [-0.2, 0) is 6.42 Å². The minimum Gasteiger partial charge on any atom is -0.469 e. The molecule has 1 rings (SSSR count). The highest BCUT2D eigenvalue weighted by molar-refractivity contribution is 4.99. The zero-order chi connectivity index (χ0) is 11.6. The van der Waals surface area contributed by atoms with Crippen molar-refractivity contribution in [1.29, 1.82) is 0 Å². The van der Waals surface area contributed by atoms with Crippen LogP contribution in [0.25, 0.3) is 0 Å². The molecule has 1 aromatic rings. The Morgan fingerprint density at radius 1 is 1.44 bits per heavy atom. The third-order valence-electron chi connectivity index (χ3n) is 2.61. The summed E-state index contributed by atoms with van der Waals surface area (Å²) in [6.45, 7) is 5.05. The van der Waals surface area contributed by atoms with E-state index < -0.39 is 0 Å². The summed E-state index contributed by atoms with van der Waals surface area (Å²) >= 11 is 0. The number of hydrogen-bond donors (Lipinski definition) is 1. The van der Waals surface area contributed by atoms with Crippen LogP contribution in [-0.4, -0.2) is 12.6 Å². The van der Waals surface area contributed by atoms with Gasteiger partial charge in [-0.25, -0.2) is 0 Å². The average molecular weight is 219 g/mol. The maximum atomic E-state index is 5.33. The van der Waals surface area contributed by atoms with Crippen molar-refractivity contribution in [3.8, 4) is 11.8 Å². The molecule has 0 amide bonds. The Morgan fingerprint density at radius 3 is 2.94 bits per heavy atom. The first-order valence-electron chi connectivity index (χ1n) is 6.02. The summed E-state index contributed by atoms with van der Waals surface area (Å²) in [6, 6.07) is 4.53. The Labute approximate surface area is 98.4 Å². The lowest BCUT2D eigenvalue weighted by atomic mass is 10.0. The molecule has 0 saturated carbocycles. The number of rotatable bonds is 7. The SMILES string of the molecule is CC#CCCC(CCc1ccco1)NCC. The lowest BCUT2D eigenvalue weighted by Gasteiger charge is -2.15. The molecule has 0 radical (unpaired) electrons. The van der Waals surface area contributed by atoms with Gasteiger partial charge in [-0.2, -0.15) is 0 Å². The summed E-state index contributed by atoms with van der Waals surface area (Å²) in [7, 11) is 0. The summed E-state index contributed by atoms with van der Waals surface area (Å²) in [5.74, 6) is 7.13.